The Labute approximate surface area is 84.6 Å². The number of nitrogens with one attached hydrogen (secondary N) is 2. The summed E-state index contributed by atoms with van der Waals surface area (Å²) in [6.45, 7) is 2.86. The zero-order chi connectivity index (χ0) is 10.4. The molecule has 0 aromatic carbocycles. The first-order valence-electron chi connectivity index (χ1n) is 4.67. The lowest BCUT2D eigenvalue weighted by molar-refractivity contribution is 0.591. The molecule has 4 nitrogen and oxygen atoms in total. The molecule has 0 unspecified atom stereocenters. The van der Waals surface area contributed by atoms with E-state index in [4.69, 9.17) is 0 Å². The number of hydrogen-bond donors (Lipinski definition) is 2. The fourth-order valence-corrected chi connectivity index (χ4v) is 1.82. The van der Waals surface area contributed by atoms with Gasteiger partial charge in [0.15, 0.2) is 9.84 Å². The molecule has 1 heterocycles. The molecule has 0 aliphatic carbocycles. The van der Waals surface area contributed by atoms with Gasteiger partial charge < -0.3 is 10.3 Å². The summed E-state index contributed by atoms with van der Waals surface area (Å²) in [6.07, 6.45) is 1.85. The first-order chi connectivity index (χ1) is 6.64. The Kier molecular flexibility index (Phi) is 4.16. The Morgan fingerprint density at radius 1 is 1.50 bits per heavy atom. The number of aromatic nitrogens is 1. The summed E-state index contributed by atoms with van der Waals surface area (Å²) in [7, 11) is -2.83. The topological polar surface area (TPSA) is 62.0 Å². The van der Waals surface area contributed by atoms with E-state index in [0.717, 1.165) is 5.69 Å². The van der Waals surface area contributed by atoms with Crippen LogP contribution in [0.25, 0.3) is 0 Å². The fourth-order valence-electron chi connectivity index (χ4n) is 1.07. The van der Waals surface area contributed by atoms with Crippen molar-refractivity contribution in [1.82, 2.24) is 10.3 Å². The first kappa shape index (κ1) is 11.3. The Bertz CT molecular complexity index is 343. The lowest BCUT2D eigenvalue weighted by Crippen LogP contribution is -2.23. The van der Waals surface area contributed by atoms with Gasteiger partial charge in [-0.1, -0.05) is 6.92 Å². The van der Waals surface area contributed by atoms with Crippen LogP contribution in [0.5, 0.6) is 0 Å². The molecule has 14 heavy (non-hydrogen) atoms. The van der Waals surface area contributed by atoms with E-state index in [1.165, 1.54) is 0 Å². The van der Waals surface area contributed by atoms with Crippen molar-refractivity contribution in [3.05, 3.63) is 24.0 Å². The molecule has 0 saturated carbocycles. The SMILES string of the molecule is CCS(=O)(=O)CCNCc1ccc[nH]1. The third kappa shape index (κ3) is 3.93. The molecule has 0 amide bonds. The van der Waals surface area contributed by atoms with Crippen molar-refractivity contribution in [3.8, 4) is 0 Å². The predicted molar refractivity (Wildman–Crippen MR) is 56.8 cm³/mol. The van der Waals surface area contributed by atoms with E-state index >= 15 is 0 Å². The molecule has 0 radical (unpaired) electrons. The van der Waals surface area contributed by atoms with Gasteiger partial charge in [0, 0.05) is 30.7 Å². The standard InChI is InChI=1S/C9H16N2O2S/c1-2-14(12,13)7-6-10-8-9-4-3-5-11-9/h3-5,10-11H,2,6-8H2,1H3. The minimum atomic E-state index is -2.83. The Morgan fingerprint density at radius 2 is 2.29 bits per heavy atom. The van der Waals surface area contributed by atoms with Gasteiger partial charge in [0.2, 0.25) is 0 Å². The molecular weight excluding hydrogens is 200 g/mol. The van der Waals surface area contributed by atoms with Crippen LogP contribution >= 0.6 is 0 Å². The van der Waals surface area contributed by atoms with Gasteiger partial charge in [-0.3, -0.25) is 0 Å². The van der Waals surface area contributed by atoms with Crippen LogP contribution in [0, 0.1) is 0 Å². The third-order valence-electron chi connectivity index (χ3n) is 2.01. The maximum Gasteiger partial charge on any atom is 0.151 e. The van der Waals surface area contributed by atoms with Crippen LogP contribution in [-0.4, -0.2) is 31.5 Å². The van der Waals surface area contributed by atoms with E-state index in [0.29, 0.717) is 13.1 Å². The van der Waals surface area contributed by atoms with Gasteiger partial charge in [-0.05, 0) is 12.1 Å². The molecule has 1 aromatic rings. The summed E-state index contributed by atoms with van der Waals surface area (Å²) >= 11 is 0. The Hall–Kier alpha value is -0.810. The molecule has 1 aromatic heterocycles. The highest BCUT2D eigenvalue weighted by atomic mass is 32.2. The normalized spacial score (nSPS) is 11.8. The first-order valence-corrected chi connectivity index (χ1v) is 6.49. The average molecular weight is 216 g/mol. The van der Waals surface area contributed by atoms with Crippen molar-refractivity contribution >= 4 is 9.84 Å². The number of hydrogen-bond acceptors (Lipinski definition) is 3. The smallest absolute Gasteiger partial charge is 0.151 e. The quantitative estimate of drug-likeness (QED) is 0.682. The van der Waals surface area contributed by atoms with Crippen molar-refractivity contribution < 1.29 is 8.42 Å². The van der Waals surface area contributed by atoms with Crippen LogP contribution in [0.2, 0.25) is 0 Å². The van der Waals surface area contributed by atoms with Gasteiger partial charge in [0.1, 0.15) is 0 Å². The zero-order valence-electron chi connectivity index (χ0n) is 8.29. The average Bonchev–Trinajstić information content (AvgIpc) is 2.65. The zero-order valence-corrected chi connectivity index (χ0v) is 9.10. The fraction of sp³-hybridized carbons (Fsp3) is 0.556. The molecule has 0 aliphatic heterocycles. The van der Waals surface area contributed by atoms with Crippen LogP contribution in [0.15, 0.2) is 18.3 Å². The summed E-state index contributed by atoms with van der Waals surface area (Å²) < 4.78 is 22.2. The maximum absolute atomic E-state index is 11.1. The predicted octanol–water partition coefficient (Wildman–Crippen LogP) is 0.539. The third-order valence-corrected chi connectivity index (χ3v) is 3.71. The van der Waals surface area contributed by atoms with Gasteiger partial charge >= 0.3 is 0 Å². The summed E-state index contributed by atoms with van der Waals surface area (Å²) in [6, 6.07) is 3.88. The molecule has 2 N–H and O–H groups in total. The molecule has 0 saturated heterocycles. The highest BCUT2D eigenvalue weighted by molar-refractivity contribution is 7.91. The summed E-state index contributed by atoms with van der Waals surface area (Å²) in [5.74, 6) is 0.432. The van der Waals surface area contributed by atoms with E-state index in [2.05, 4.69) is 10.3 Å². The Morgan fingerprint density at radius 3 is 2.86 bits per heavy atom. The second-order valence-corrected chi connectivity index (χ2v) is 5.58. The van der Waals surface area contributed by atoms with E-state index < -0.39 is 9.84 Å². The summed E-state index contributed by atoms with van der Waals surface area (Å²) in [4.78, 5) is 3.04. The number of sulfone groups is 1. The van der Waals surface area contributed by atoms with Crippen LogP contribution in [-0.2, 0) is 16.4 Å². The minimum Gasteiger partial charge on any atom is -0.364 e. The second kappa shape index (κ2) is 5.17. The molecule has 1 rings (SSSR count). The number of rotatable bonds is 6. The summed E-state index contributed by atoms with van der Waals surface area (Å²) in [5.41, 5.74) is 1.07. The highest BCUT2D eigenvalue weighted by Gasteiger charge is 2.05. The van der Waals surface area contributed by atoms with Gasteiger partial charge in [0.05, 0.1) is 5.75 Å². The summed E-state index contributed by atoms with van der Waals surface area (Å²) in [5, 5.41) is 3.07. The van der Waals surface area contributed by atoms with E-state index in [9.17, 15) is 8.42 Å². The van der Waals surface area contributed by atoms with Crippen LogP contribution < -0.4 is 5.32 Å². The molecule has 5 heteroatoms. The molecular formula is C9H16N2O2S. The van der Waals surface area contributed by atoms with E-state index in [1.54, 1.807) is 6.92 Å². The monoisotopic (exact) mass is 216 g/mol. The molecule has 0 fully saturated rings. The van der Waals surface area contributed by atoms with Crippen LogP contribution in [0.4, 0.5) is 0 Å². The van der Waals surface area contributed by atoms with Crippen LogP contribution in [0.1, 0.15) is 12.6 Å². The van der Waals surface area contributed by atoms with Crippen molar-refractivity contribution in [2.24, 2.45) is 0 Å². The van der Waals surface area contributed by atoms with Crippen molar-refractivity contribution in [3.63, 3.8) is 0 Å². The van der Waals surface area contributed by atoms with Crippen molar-refractivity contribution in [1.29, 1.82) is 0 Å². The Balaban J connectivity index is 2.17. The van der Waals surface area contributed by atoms with Crippen LogP contribution in [0.3, 0.4) is 0 Å². The molecule has 0 atom stereocenters. The minimum absolute atomic E-state index is 0.213. The number of H-pyrrole nitrogens is 1. The molecule has 0 bridgehead atoms. The number of aromatic amines is 1. The van der Waals surface area contributed by atoms with Gasteiger partial charge in [-0.15, -0.1) is 0 Å². The second-order valence-electron chi connectivity index (χ2n) is 3.11. The van der Waals surface area contributed by atoms with E-state index in [-0.39, 0.29) is 11.5 Å². The lowest BCUT2D eigenvalue weighted by Gasteiger charge is -2.03. The van der Waals surface area contributed by atoms with Crippen molar-refractivity contribution in [2.45, 2.75) is 13.5 Å². The molecule has 0 aliphatic rings. The van der Waals surface area contributed by atoms with E-state index in [1.807, 2.05) is 18.3 Å². The largest absolute Gasteiger partial charge is 0.364 e. The maximum atomic E-state index is 11.1. The molecule has 0 spiro atoms. The lowest BCUT2D eigenvalue weighted by atomic mass is 10.4. The van der Waals surface area contributed by atoms with Gasteiger partial charge in [-0.2, -0.15) is 0 Å². The van der Waals surface area contributed by atoms with Crippen molar-refractivity contribution in [2.75, 3.05) is 18.1 Å². The highest BCUT2D eigenvalue weighted by Crippen LogP contribution is 1.93. The van der Waals surface area contributed by atoms with Gasteiger partial charge in [0.25, 0.3) is 0 Å². The molecule has 80 valence electrons. The van der Waals surface area contributed by atoms with Gasteiger partial charge in [-0.25, -0.2) is 8.42 Å².